The minimum atomic E-state index is -1.09. The fourth-order valence-electron chi connectivity index (χ4n) is 2.51. The maximum atomic E-state index is 11.5. The Morgan fingerprint density at radius 2 is 1.83 bits per heavy atom. The Morgan fingerprint density at radius 3 is 2.48 bits per heavy atom. The lowest BCUT2D eigenvalue weighted by molar-refractivity contribution is 0.0691. The molecule has 0 radical (unpaired) electrons. The molecule has 1 N–H and O–H groups in total. The molecule has 3 aromatic rings. The van der Waals surface area contributed by atoms with Crippen molar-refractivity contribution in [3.63, 3.8) is 0 Å². The highest BCUT2D eigenvalue weighted by Gasteiger charge is 2.21. The van der Waals surface area contributed by atoms with Gasteiger partial charge in [-0.2, -0.15) is 0 Å². The largest absolute Gasteiger partial charge is 0.476 e. The molecular formula is C18H17N3O2. The lowest BCUT2D eigenvalue weighted by atomic mass is 10.0. The van der Waals surface area contributed by atoms with Crippen LogP contribution >= 0.6 is 0 Å². The van der Waals surface area contributed by atoms with Gasteiger partial charge in [0, 0.05) is 5.56 Å². The zero-order valence-electron chi connectivity index (χ0n) is 13.2. The van der Waals surface area contributed by atoms with Gasteiger partial charge in [-0.25, -0.2) is 9.48 Å². The number of aryl methyl sites for hydroxylation is 3. The zero-order valence-corrected chi connectivity index (χ0v) is 13.2. The number of hydrogen-bond acceptors (Lipinski definition) is 3. The summed E-state index contributed by atoms with van der Waals surface area (Å²) >= 11 is 0. The van der Waals surface area contributed by atoms with E-state index in [0.717, 1.165) is 27.9 Å². The van der Waals surface area contributed by atoms with Gasteiger partial charge in [0.1, 0.15) is 5.69 Å². The minimum absolute atomic E-state index is 0.0465. The van der Waals surface area contributed by atoms with E-state index < -0.39 is 5.97 Å². The standard InChI is InChI=1S/C18H17N3O2/c1-11-5-4-6-15(9-11)21-17(16(18(22)23)19-20-21)14-8-7-12(2)13(3)10-14/h4-10H,1-3H3,(H,22,23). The number of carboxylic acids is 1. The highest BCUT2D eigenvalue weighted by atomic mass is 16.4. The summed E-state index contributed by atoms with van der Waals surface area (Å²) in [6.45, 7) is 6.00. The van der Waals surface area contributed by atoms with Crippen molar-refractivity contribution in [2.45, 2.75) is 20.8 Å². The van der Waals surface area contributed by atoms with E-state index in [1.807, 2.05) is 63.2 Å². The number of benzene rings is 2. The Labute approximate surface area is 134 Å². The van der Waals surface area contributed by atoms with Crippen LogP contribution < -0.4 is 0 Å². The van der Waals surface area contributed by atoms with E-state index in [-0.39, 0.29) is 5.69 Å². The fourth-order valence-corrected chi connectivity index (χ4v) is 2.51. The Bertz CT molecular complexity index is 897. The van der Waals surface area contributed by atoms with Crippen molar-refractivity contribution in [1.29, 1.82) is 0 Å². The van der Waals surface area contributed by atoms with Crippen molar-refractivity contribution in [3.8, 4) is 16.9 Å². The number of carboxylic acid groups (broad SMARTS) is 1. The number of nitrogens with zero attached hydrogens (tertiary/aromatic N) is 3. The Morgan fingerprint density at radius 1 is 1.04 bits per heavy atom. The second kappa shape index (κ2) is 5.68. The van der Waals surface area contributed by atoms with E-state index in [0.29, 0.717) is 5.69 Å². The highest BCUT2D eigenvalue weighted by Crippen LogP contribution is 2.27. The predicted octanol–water partition coefficient (Wildman–Crippen LogP) is 3.56. The van der Waals surface area contributed by atoms with Crippen LogP contribution in [0.2, 0.25) is 0 Å². The molecule has 0 atom stereocenters. The third kappa shape index (κ3) is 2.73. The molecule has 0 saturated carbocycles. The maximum absolute atomic E-state index is 11.5. The SMILES string of the molecule is Cc1cccc(-n2nnc(C(=O)O)c2-c2ccc(C)c(C)c2)c1. The van der Waals surface area contributed by atoms with Crippen LogP contribution in [0, 0.1) is 20.8 Å². The first-order valence-electron chi connectivity index (χ1n) is 7.31. The lowest BCUT2D eigenvalue weighted by Crippen LogP contribution is -2.03. The summed E-state index contributed by atoms with van der Waals surface area (Å²) in [6, 6.07) is 13.6. The van der Waals surface area contributed by atoms with Crippen molar-refractivity contribution in [2.24, 2.45) is 0 Å². The second-order valence-corrected chi connectivity index (χ2v) is 5.64. The van der Waals surface area contributed by atoms with Crippen LogP contribution in [-0.2, 0) is 0 Å². The molecule has 0 aliphatic carbocycles. The van der Waals surface area contributed by atoms with E-state index >= 15 is 0 Å². The molecule has 3 rings (SSSR count). The summed E-state index contributed by atoms with van der Waals surface area (Å²) < 4.78 is 1.58. The molecule has 0 unspecified atom stereocenters. The Balaban J connectivity index is 2.26. The molecule has 5 nitrogen and oxygen atoms in total. The van der Waals surface area contributed by atoms with Gasteiger partial charge in [-0.1, -0.05) is 29.5 Å². The Hall–Kier alpha value is -2.95. The molecule has 5 heteroatoms. The van der Waals surface area contributed by atoms with Gasteiger partial charge in [0.05, 0.1) is 5.69 Å². The average molecular weight is 307 g/mol. The normalized spacial score (nSPS) is 10.7. The van der Waals surface area contributed by atoms with Crippen LogP contribution in [0.3, 0.4) is 0 Å². The van der Waals surface area contributed by atoms with Crippen LogP contribution in [-0.4, -0.2) is 26.1 Å². The topological polar surface area (TPSA) is 68.0 Å². The van der Waals surface area contributed by atoms with E-state index in [1.54, 1.807) is 4.68 Å². The zero-order chi connectivity index (χ0) is 16.6. The number of hydrogen-bond donors (Lipinski definition) is 1. The molecule has 0 amide bonds. The quantitative estimate of drug-likeness (QED) is 0.803. The molecule has 0 fully saturated rings. The van der Waals surface area contributed by atoms with Gasteiger partial charge in [0.25, 0.3) is 0 Å². The lowest BCUT2D eigenvalue weighted by Gasteiger charge is -2.10. The highest BCUT2D eigenvalue weighted by molar-refractivity contribution is 5.93. The van der Waals surface area contributed by atoms with Crippen molar-refractivity contribution in [1.82, 2.24) is 15.0 Å². The molecule has 0 spiro atoms. The average Bonchev–Trinajstić information content (AvgIpc) is 2.95. The smallest absolute Gasteiger partial charge is 0.358 e. The maximum Gasteiger partial charge on any atom is 0.358 e. The molecular weight excluding hydrogens is 290 g/mol. The summed E-state index contributed by atoms with van der Waals surface area (Å²) in [5, 5.41) is 17.4. The third-order valence-electron chi connectivity index (χ3n) is 3.90. The van der Waals surface area contributed by atoms with E-state index in [1.165, 1.54) is 0 Å². The molecule has 23 heavy (non-hydrogen) atoms. The van der Waals surface area contributed by atoms with Crippen LogP contribution in [0.15, 0.2) is 42.5 Å². The van der Waals surface area contributed by atoms with Crippen LogP contribution in [0.5, 0.6) is 0 Å². The first-order valence-corrected chi connectivity index (χ1v) is 7.31. The number of rotatable bonds is 3. The molecule has 116 valence electrons. The van der Waals surface area contributed by atoms with Crippen molar-refractivity contribution in [2.75, 3.05) is 0 Å². The number of carbonyl (C=O) groups is 1. The number of aromatic carboxylic acids is 1. The third-order valence-corrected chi connectivity index (χ3v) is 3.90. The first-order chi connectivity index (χ1) is 11.0. The predicted molar refractivity (Wildman–Crippen MR) is 88.0 cm³/mol. The van der Waals surface area contributed by atoms with Gasteiger partial charge in [-0.3, -0.25) is 0 Å². The molecule has 0 aliphatic rings. The molecule has 1 heterocycles. The van der Waals surface area contributed by atoms with Crippen LogP contribution in [0.25, 0.3) is 16.9 Å². The second-order valence-electron chi connectivity index (χ2n) is 5.64. The van der Waals surface area contributed by atoms with Gasteiger partial charge < -0.3 is 5.11 Å². The van der Waals surface area contributed by atoms with Gasteiger partial charge in [-0.15, -0.1) is 5.10 Å². The van der Waals surface area contributed by atoms with E-state index in [2.05, 4.69) is 10.3 Å². The van der Waals surface area contributed by atoms with Crippen LogP contribution in [0.1, 0.15) is 27.2 Å². The monoisotopic (exact) mass is 307 g/mol. The molecule has 0 bridgehead atoms. The van der Waals surface area contributed by atoms with Crippen molar-refractivity contribution < 1.29 is 9.90 Å². The van der Waals surface area contributed by atoms with Gasteiger partial charge in [0.15, 0.2) is 5.69 Å². The summed E-state index contributed by atoms with van der Waals surface area (Å²) in [6.07, 6.45) is 0. The summed E-state index contributed by atoms with van der Waals surface area (Å²) in [5.41, 5.74) is 5.34. The molecule has 2 aromatic carbocycles. The molecule has 1 aromatic heterocycles. The van der Waals surface area contributed by atoms with Crippen molar-refractivity contribution in [3.05, 3.63) is 64.8 Å². The van der Waals surface area contributed by atoms with Gasteiger partial charge >= 0.3 is 5.97 Å². The summed E-state index contributed by atoms with van der Waals surface area (Å²) in [4.78, 5) is 11.5. The molecule has 0 saturated heterocycles. The summed E-state index contributed by atoms with van der Waals surface area (Å²) in [5.74, 6) is -1.09. The van der Waals surface area contributed by atoms with Crippen LogP contribution in [0.4, 0.5) is 0 Å². The Kier molecular flexibility index (Phi) is 3.70. The van der Waals surface area contributed by atoms with Crippen molar-refractivity contribution >= 4 is 5.97 Å². The fraction of sp³-hybridized carbons (Fsp3) is 0.167. The first kappa shape index (κ1) is 15.0. The van der Waals surface area contributed by atoms with Gasteiger partial charge in [0.2, 0.25) is 0 Å². The van der Waals surface area contributed by atoms with Gasteiger partial charge in [-0.05, 0) is 55.7 Å². The summed E-state index contributed by atoms with van der Waals surface area (Å²) in [7, 11) is 0. The van der Waals surface area contributed by atoms with E-state index in [4.69, 9.17) is 0 Å². The molecule has 0 aliphatic heterocycles. The minimum Gasteiger partial charge on any atom is -0.476 e. The van der Waals surface area contributed by atoms with E-state index in [9.17, 15) is 9.90 Å². The number of aromatic nitrogens is 3.